The van der Waals surface area contributed by atoms with E-state index in [9.17, 15) is 8.42 Å². The summed E-state index contributed by atoms with van der Waals surface area (Å²) in [6.45, 7) is 2.00. The molecule has 0 radical (unpaired) electrons. The Morgan fingerprint density at radius 1 is 1.24 bits per heavy atom. The minimum absolute atomic E-state index is 0.0329. The number of rotatable bonds is 5. The van der Waals surface area contributed by atoms with Crippen molar-refractivity contribution in [2.75, 3.05) is 36.9 Å². The zero-order chi connectivity index (χ0) is 15.1. The third-order valence-electron chi connectivity index (χ3n) is 3.24. The molecule has 0 aromatic heterocycles. The van der Waals surface area contributed by atoms with Gasteiger partial charge in [0.2, 0.25) is 0 Å². The van der Waals surface area contributed by atoms with E-state index in [-0.39, 0.29) is 18.1 Å². The Bertz CT molecular complexity index is 567. The molecule has 7 heteroatoms. The number of hydrogen-bond acceptors (Lipinski definition) is 4. The second-order valence-corrected chi connectivity index (χ2v) is 8.33. The zero-order valence-corrected chi connectivity index (χ0v) is 13.6. The first kappa shape index (κ1) is 16.2. The normalized spacial score (nSPS) is 17.0. The monoisotopic (exact) mass is 327 g/mol. The fourth-order valence-electron chi connectivity index (χ4n) is 2.09. The van der Waals surface area contributed by atoms with Gasteiger partial charge in [-0.2, -0.15) is 11.8 Å². The van der Waals surface area contributed by atoms with E-state index in [1.807, 2.05) is 47.0 Å². The molecule has 0 atom stereocenters. The number of benzene rings is 1. The van der Waals surface area contributed by atoms with Crippen LogP contribution in [-0.4, -0.2) is 56.2 Å². The van der Waals surface area contributed by atoms with Crippen LogP contribution in [0.25, 0.3) is 0 Å². The fraction of sp³-hybridized carbons (Fsp3) is 0.500. The van der Waals surface area contributed by atoms with Crippen LogP contribution in [0.2, 0.25) is 0 Å². The maximum Gasteiger partial charge on any atom is 0.191 e. The van der Waals surface area contributed by atoms with Crippen LogP contribution >= 0.6 is 11.8 Å². The largest absolute Gasteiger partial charge is 0.370 e. The summed E-state index contributed by atoms with van der Waals surface area (Å²) in [5.41, 5.74) is 6.71. The van der Waals surface area contributed by atoms with E-state index in [0.717, 1.165) is 30.2 Å². The van der Waals surface area contributed by atoms with Gasteiger partial charge in [0.15, 0.2) is 15.8 Å². The van der Waals surface area contributed by atoms with Crippen LogP contribution in [0.1, 0.15) is 5.56 Å². The minimum atomic E-state index is -3.15. The molecule has 1 aliphatic heterocycles. The molecule has 2 rings (SSSR count). The van der Waals surface area contributed by atoms with Crippen molar-refractivity contribution in [2.24, 2.45) is 10.7 Å². The van der Waals surface area contributed by atoms with E-state index < -0.39 is 9.84 Å². The summed E-state index contributed by atoms with van der Waals surface area (Å²) in [6, 6.07) is 9.20. The zero-order valence-electron chi connectivity index (χ0n) is 11.9. The lowest BCUT2D eigenvalue weighted by Crippen LogP contribution is -2.42. The van der Waals surface area contributed by atoms with Crippen LogP contribution in [-0.2, 0) is 15.6 Å². The molecule has 0 unspecified atom stereocenters. The Morgan fingerprint density at radius 3 is 2.57 bits per heavy atom. The number of hydrogen-bond donors (Lipinski definition) is 1. The van der Waals surface area contributed by atoms with Gasteiger partial charge in [0.25, 0.3) is 0 Å². The van der Waals surface area contributed by atoms with Gasteiger partial charge in [-0.1, -0.05) is 30.3 Å². The van der Waals surface area contributed by atoms with Crippen LogP contribution < -0.4 is 5.73 Å². The van der Waals surface area contributed by atoms with Crippen molar-refractivity contribution in [3.05, 3.63) is 35.9 Å². The molecule has 1 saturated heterocycles. The molecule has 116 valence electrons. The topological polar surface area (TPSA) is 75.8 Å². The van der Waals surface area contributed by atoms with Crippen LogP contribution in [0.3, 0.4) is 0 Å². The van der Waals surface area contributed by atoms with Crippen molar-refractivity contribution in [3.8, 4) is 0 Å². The maximum absolute atomic E-state index is 12.0. The number of sulfone groups is 1. The van der Waals surface area contributed by atoms with Crippen LogP contribution in [0.4, 0.5) is 0 Å². The van der Waals surface area contributed by atoms with Gasteiger partial charge in [0.1, 0.15) is 0 Å². The van der Waals surface area contributed by atoms with Crippen molar-refractivity contribution in [3.63, 3.8) is 0 Å². The Balaban J connectivity index is 1.83. The third kappa shape index (κ3) is 5.59. The molecule has 1 aliphatic rings. The highest BCUT2D eigenvalue weighted by Gasteiger charge is 2.14. The first-order chi connectivity index (χ1) is 10.1. The molecule has 0 amide bonds. The molecular weight excluding hydrogens is 306 g/mol. The smallest absolute Gasteiger partial charge is 0.191 e. The minimum Gasteiger partial charge on any atom is -0.370 e. The van der Waals surface area contributed by atoms with Gasteiger partial charge < -0.3 is 10.6 Å². The highest BCUT2D eigenvalue weighted by Crippen LogP contribution is 2.09. The molecule has 5 nitrogen and oxygen atoms in total. The van der Waals surface area contributed by atoms with Crippen molar-refractivity contribution in [1.82, 2.24) is 4.90 Å². The van der Waals surface area contributed by atoms with Crippen molar-refractivity contribution in [2.45, 2.75) is 5.75 Å². The second-order valence-electron chi connectivity index (χ2n) is 4.92. The lowest BCUT2D eigenvalue weighted by molar-refractivity contribution is 0.456. The number of aliphatic imine (C=N–C) groups is 1. The first-order valence-corrected chi connectivity index (χ1v) is 9.91. The lowest BCUT2D eigenvalue weighted by atomic mass is 10.2. The first-order valence-electron chi connectivity index (χ1n) is 6.94. The standard InChI is InChI=1S/C14H21N3O2S2/c15-14(17-7-9-20-10-8-17)16-6-11-21(18,19)12-13-4-2-1-3-5-13/h1-5H,6-12H2,(H2,15,16). The van der Waals surface area contributed by atoms with E-state index >= 15 is 0 Å². The highest BCUT2D eigenvalue weighted by atomic mass is 32.2. The summed E-state index contributed by atoms with van der Waals surface area (Å²) in [4.78, 5) is 6.22. The van der Waals surface area contributed by atoms with Gasteiger partial charge in [0, 0.05) is 24.6 Å². The molecule has 1 aromatic rings. The van der Waals surface area contributed by atoms with E-state index in [1.165, 1.54) is 0 Å². The summed E-state index contributed by atoms with van der Waals surface area (Å²) in [7, 11) is -3.15. The molecule has 0 spiro atoms. The van der Waals surface area contributed by atoms with E-state index in [0.29, 0.717) is 5.96 Å². The average molecular weight is 327 g/mol. The molecule has 1 fully saturated rings. The molecule has 0 saturated carbocycles. The molecule has 0 aliphatic carbocycles. The summed E-state index contributed by atoms with van der Waals surface area (Å²) in [5, 5.41) is 0. The maximum atomic E-state index is 12.0. The quantitative estimate of drug-likeness (QED) is 0.644. The van der Waals surface area contributed by atoms with Crippen molar-refractivity contribution >= 4 is 27.6 Å². The van der Waals surface area contributed by atoms with Crippen LogP contribution in [0.5, 0.6) is 0 Å². The average Bonchev–Trinajstić information content (AvgIpc) is 2.48. The molecular formula is C14H21N3O2S2. The fourth-order valence-corrected chi connectivity index (χ4v) is 4.21. The van der Waals surface area contributed by atoms with Gasteiger partial charge in [-0.3, -0.25) is 4.99 Å². The Morgan fingerprint density at radius 2 is 1.90 bits per heavy atom. The van der Waals surface area contributed by atoms with Gasteiger partial charge in [-0.15, -0.1) is 0 Å². The highest BCUT2D eigenvalue weighted by molar-refractivity contribution is 7.99. The third-order valence-corrected chi connectivity index (χ3v) is 5.76. The summed E-state index contributed by atoms with van der Waals surface area (Å²) in [5.74, 6) is 2.64. The number of nitrogens with two attached hydrogens (primary N) is 1. The Labute approximate surface area is 130 Å². The SMILES string of the molecule is NC(=NCCS(=O)(=O)Cc1ccccc1)N1CCSCC1. The molecule has 0 bridgehead atoms. The lowest BCUT2D eigenvalue weighted by Gasteiger charge is -2.27. The predicted molar refractivity (Wildman–Crippen MR) is 89.3 cm³/mol. The van der Waals surface area contributed by atoms with Gasteiger partial charge >= 0.3 is 0 Å². The van der Waals surface area contributed by atoms with E-state index in [1.54, 1.807) is 0 Å². The van der Waals surface area contributed by atoms with Crippen molar-refractivity contribution in [1.29, 1.82) is 0 Å². The number of guanidine groups is 1. The number of thioether (sulfide) groups is 1. The van der Waals surface area contributed by atoms with E-state index in [2.05, 4.69) is 4.99 Å². The van der Waals surface area contributed by atoms with Crippen LogP contribution in [0.15, 0.2) is 35.3 Å². The predicted octanol–water partition coefficient (Wildman–Crippen LogP) is 0.965. The molecule has 21 heavy (non-hydrogen) atoms. The molecule has 2 N–H and O–H groups in total. The summed E-state index contributed by atoms with van der Waals surface area (Å²) >= 11 is 1.90. The van der Waals surface area contributed by atoms with Gasteiger partial charge in [0.05, 0.1) is 18.1 Å². The second kappa shape index (κ2) is 7.70. The summed E-state index contributed by atoms with van der Waals surface area (Å²) < 4.78 is 24.1. The Hall–Kier alpha value is -1.21. The van der Waals surface area contributed by atoms with Crippen LogP contribution in [0, 0.1) is 0 Å². The molecule has 1 aromatic carbocycles. The summed E-state index contributed by atoms with van der Waals surface area (Å²) in [6.07, 6.45) is 0. The number of nitrogens with zero attached hydrogens (tertiary/aromatic N) is 2. The van der Waals surface area contributed by atoms with Gasteiger partial charge in [-0.05, 0) is 5.56 Å². The molecule has 1 heterocycles. The van der Waals surface area contributed by atoms with Crippen molar-refractivity contribution < 1.29 is 8.42 Å². The van der Waals surface area contributed by atoms with E-state index in [4.69, 9.17) is 5.73 Å². The van der Waals surface area contributed by atoms with Gasteiger partial charge in [-0.25, -0.2) is 8.42 Å². The Kier molecular flexibility index (Phi) is 5.93.